The molecule has 6 nitrogen and oxygen atoms in total. The van der Waals surface area contributed by atoms with Crippen LogP contribution in [-0.2, 0) is 9.84 Å². The number of nitrogens with zero attached hydrogens (tertiary/aromatic N) is 4. The lowest BCUT2D eigenvalue weighted by molar-refractivity contribution is 0.602. The van der Waals surface area contributed by atoms with Crippen molar-refractivity contribution in [1.29, 1.82) is 0 Å². The molecule has 0 saturated heterocycles. The summed E-state index contributed by atoms with van der Waals surface area (Å²) in [4.78, 5) is 15.1. The molecule has 2 aromatic rings. The lowest BCUT2D eigenvalue weighted by atomic mass is 10.4. The van der Waals surface area contributed by atoms with E-state index in [1.54, 1.807) is 43.3 Å². The van der Waals surface area contributed by atoms with Gasteiger partial charge in [-0.05, 0) is 47.6 Å². The average Bonchev–Trinajstić information content (AvgIpc) is 2.37. The number of benzene rings is 1. The van der Waals surface area contributed by atoms with Gasteiger partial charge in [-0.15, -0.1) is 0 Å². The highest BCUT2D eigenvalue weighted by molar-refractivity contribution is 7.99. The zero-order valence-electron chi connectivity index (χ0n) is 11.6. The third kappa shape index (κ3) is 4.29. The van der Waals surface area contributed by atoms with Crippen LogP contribution in [0.25, 0.3) is 0 Å². The van der Waals surface area contributed by atoms with Crippen molar-refractivity contribution in [3.05, 3.63) is 29.5 Å². The molecule has 21 heavy (non-hydrogen) atoms. The number of halogens is 1. The lowest BCUT2D eigenvalue weighted by Gasteiger charge is -2.10. The van der Waals surface area contributed by atoms with E-state index in [1.165, 1.54) is 18.0 Å². The van der Waals surface area contributed by atoms with Gasteiger partial charge in [0.25, 0.3) is 0 Å². The fourth-order valence-electron chi connectivity index (χ4n) is 1.43. The number of hydrogen-bond acceptors (Lipinski definition) is 7. The maximum atomic E-state index is 11.4. The molecule has 0 atom stereocenters. The topological polar surface area (TPSA) is 76.1 Å². The van der Waals surface area contributed by atoms with Gasteiger partial charge in [0.15, 0.2) is 15.0 Å². The molecule has 0 unspecified atom stereocenters. The number of sulfone groups is 1. The average molecular weight is 345 g/mol. The van der Waals surface area contributed by atoms with Crippen molar-refractivity contribution in [3.8, 4) is 0 Å². The van der Waals surface area contributed by atoms with E-state index in [1.807, 2.05) is 0 Å². The van der Waals surface area contributed by atoms with Crippen LogP contribution in [0.5, 0.6) is 0 Å². The summed E-state index contributed by atoms with van der Waals surface area (Å²) in [6.07, 6.45) is 1.17. The summed E-state index contributed by atoms with van der Waals surface area (Å²) in [6, 6.07) is 6.50. The van der Waals surface area contributed by atoms with Crippen molar-refractivity contribution < 1.29 is 8.42 Å². The van der Waals surface area contributed by atoms with Gasteiger partial charge in [-0.2, -0.15) is 15.0 Å². The summed E-state index contributed by atoms with van der Waals surface area (Å²) in [7, 11) is 0.418. The van der Waals surface area contributed by atoms with Gasteiger partial charge in [-0.25, -0.2) is 8.42 Å². The number of hydrogen-bond donors (Lipinski definition) is 0. The molecule has 0 saturated carbocycles. The van der Waals surface area contributed by atoms with E-state index in [4.69, 9.17) is 11.6 Å². The molecule has 2 rings (SSSR count). The zero-order chi connectivity index (χ0) is 15.6. The number of aromatic nitrogens is 3. The van der Waals surface area contributed by atoms with Crippen LogP contribution in [0, 0.1) is 0 Å². The number of anilines is 1. The minimum Gasteiger partial charge on any atom is -0.347 e. The molecule has 0 fully saturated rings. The Balaban J connectivity index is 2.26. The highest BCUT2D eigenvalue weighted by Gasteiger charge is 2.10. The van der Waals surface area contributed by atoms with Crippen LogP contribution in [0.2, 0.25) is 5.28 Å². The zero-order valence-corrected chi connectivity index (χ0v) is 14.0. The van der Waals surface area contributed by atoms with Gasteiger partial charge < -0.3 is 4.90 Å². The summed E-state index contributed by atoms with van der Waals surface area (Å²) in [5, 5.41) is 0.565. The van der Waals surface area contributed by atoms with Crippen LogP contribution in [-0.4, -0.2) is 43.7 Å². The van der Waals surface area contributed by atoms with Gasteiger partial charge in [-0.3, -0.25) is 0 Å². The SMILES string of the molecule is CN(C)c1nc(Cl)nc(Sc2ccc(S(C)(=O)=O)cc2)n1. The minimum atomic E-state index is -3.20. The van der Waals surface area contributed by atoms with Gasteiger partial charge in [0.2, 0.25) is 11.2 Å². The second-order valence-corrected chi connectivity index (χ2v) is 7.82. The Hall–Kier alpha value is -1.38. The molecule has 1 aromatic heterocycles. The summed E-state index contributed by atoms with van der Waals surface area (Å²) < 4.78 is 22.8. The summed E-state index contributed by atoms with van der Waals surface area (Å²) >= 11 is 7.15. The fourth-order valence-corrected chi connectivity index (χ4v) is 3.01. The minimum absolute atomic E-state index is 0.115. The first-order valence-electron chi connectivity index (χ1n) is 5.82. The van der Waals surface area contributed by atoms with Crippen molar-refractivity contribution in [2.45, 2.75) is 14.9 Å². The summed E-state index contributed by atoms with van der Waals surface area (Å²) in [5.41, 5.74) is 0. The molecule has 9 heteroatoms. The second kappa shape index (κ2) is 6.17. The standard InChI is InChI=1S/C12H13ClN4O2S2/c1-17(2)11-14-10(13)15-12(16-11)20-8-4-6-9(7-5-8)21(3,18)19/h4-7H,1-3H3. The van der Waals surface area contributed by atoms with Gasteiger partial charge >= 0.3 is 0 Å². The molecule has 0 spiro atoms. The molecule has 1 aromatic carbocycles. The van der Waals surface area contributed by atoms with Crippen LogP contribution in [0.3, 0.4) is 0 Å². The Morgan fingerprint density at radius 3 is 2.24 bits per heavy atom. The summed E-state index contributed by atoms with van der Waals surface area (Å²) in [5.74, 6) is 0.463. The number of rotatable bonds is 4. The molecule has 0 N–H and O–H groups in total. The van der Waals surface area contributed by atoms with Gasteiger partial charge in [0.05, 0.1) is 4.90 Å². The molecular formula is C12H13ClN4O2S2. The van der Waals surface area contributed by atoms with Crippen molar-refractivity contribution in [2.24, 2.45) is 0 Å². The van der Waals surface area contributed by atoms with Gasteiger partial charge in [-0.1, -0.05) is 0 Å². The van der Waals surface area contributed by atoms with Crippen LogP contribution in [0.4, 0.5) is 5.95 Å². The van der Waals surface area contributed by atoms with Crippen LogP contribution < -0.4 is 4.90 Å². The normalized spacial score (nSPS) is 11.4. The molecule has 1 heterocycles. The molecule has 0 radical (unpaired) electrons. The van der Waals surface area contributed by atoms with E-state index in [0.29, 0.717) is 11.1 Å². The predicted octanol–water partition coefficient (Wildman–Crippen LogP) is 2.15. The first kappa shape index (κ1) is 16.0. The van der Waals surface area contributed by atoms with E-state index < -0.39 is 9.84 Å². The highest BCUT2D eigenvalue weighted by atomic mass is 35.5. The second-order valence-electron chi connectivity index (χ2n) is 4.43. The molecule has 0 aliphatic carbocycles. The van der Waals surface area contributed by atoms with Crippen molar-refractivity contribution in [1.82, 2.24) is 15.0 Å². The van der Waals surface area contributed by atoms with Crippen LogP contribution in [0.1, 0.15) is 0 Å². The Morgan fingerprint density at radius 1 is 1.10 bits per heavy atom. The Bertz CT molecular complexity index is 748. The Morgan fingerprint density at radius 2 is 1.71 bits per heavy atom. The van der Waals surface area contributed by atoms with Crippen LogP contribution in [0.15, 0.2) is 39.2 Å². The molecule has 0 aliphatic rings. The van der Waals surface area contributed by atoms with Crippen molar-refractivity contribution in [2.75, 3.05) is 25.3 Å². The molecule has 0 aliphatic heterocycles. The van der Waals surface area contributed by atoms with E-state index >= 15 is 0 Å². The molecule has 0 amide bonds. The fraction of sp³-hybridized carbons (Fsp3) is 0.250. The predicted molar refractivity (Wildman–Crippen MR) is 82.8 cm³/mol. The Labute approximate surface area is 132 Å². The third-order valence-electron chi connectivity index (χ3n) is 2.44. The first-order chi connectivity index (χ1) is 9.75. The maximum absolute atomic E-state index is 11.4. The highest BCUT2D eigenvalue weighted by Crippen LogP contribution is 2.27. The smallest absolute Gasteiger partial charge is 0.230 e. The van der Waals surface area contributed by atoms with Gasteiger partial charge in [0, 0.05) is 25.2 Å². The van der Waals surface area contributed by atoms with Crippen molar-refractivity contribution >= 4 is 39.1 Å². The summed E-state index contributed by atoms with van der Waals surface area (Å²) in [6.45, 7) is 0. The van der Waals surface area contributed by atoms with E-state index in [0.717, 1.165) is 4.90 Å². The third-order valence-corrected chi connectivity index (χ3v) is 4.61. The lowest BCUT2D eigenvalue weighted by Crippen LogP contribution is -2.13. The quantitative estimate of drug-likeness (QED) is 0.841. The van der Waals surface area contributed by atoms with E-state index in [2.05, 4.69) is 15.0 Å². The van der Waals surface area contributed by atoms with Crippen LogP contribution >= 0.6 is 23.4 Å². The Kier molecular flexibility index (Phi) is 4.70. The largest absolute Gasteiger partial charge is 0.347 e. The molecular weight excluding hydrogens is 332 g/mol. The molecule has 0 bridgehead atoms. The molecule has 112 valence electrons. The van der Waals surface area contributed by atoms with Crippen molar-refractivity contribution in [3.63, 3.8) is 0 Å². The monoisotopic (exact) mass is 344 g/mol. The maximum Gasteiger partial charge on any atom is 0.230 e. The van der Waals surface area contributed by atoms with E-state index in [9.17, 15) is 8.42 Å². The van der Waals surface area contributed by atoms with Gasteiger partial charge in [0.1, 0.15) is 0 Å². The first-order valence-corrected chi connectivity index (χ1v) is 8.91. The van der Waals surface area contributed by atoms with E-state index in [-0.39, 0.29) is 10.2 Å².